The van der Waals surface area contributed by atoms with Crippen molar-refractivity contribution < 1.29 is 19.7 Å². The summed E-state index contributed by atoms with van der Waals surface area (Å²) in [6, 6.07) is 0. The van der Waals surface area contributed by atoms with E-state index in [-0.39, 0.29) is 12.6 Å². The minimum absolute atomic E-state index is 0.0379. The molecule has 5 nitrogen and oxygen atoms in total. The number of carbonyl (C=O) groups is 1. The van der Waals surface area contributed by atoms with E-state index >= 15 is 0 Å². The van der Waals surface area contributed by atoms with E-state index < -0.39 is 6.10 Å². The molecule has 0 aliphatic heterocycles. The molecule has 0 aliphatic rings. The van der Waals surface area contributed by atoms with Crippen molar-refractivity contribution in [3.63, 3.8) is 0 Å². The molecule has 0 radical (unpaired) electrons. The van der Waals surface area contributed by atoms with E-state index in [2.05, 4.69) is 18.7 Å². The zero-order valence-electron chi connectivity index (χ0n) is 22.2. The standard InChI is InChI=1S/C28H57NO4/c1-3-5-7-9-11-16-20-24-33-28(32)21-17-13-12-15-19-23-29(25-27(31)26-30)22-18-14-10-8-6-4-2/h27,30-31H,3-26H2,1-2H3. The first-order valence-corrected chi connectivity index (χ1v) is 14.3. The van der Waals surface area contributed by atoms with Crippen molar-refractivity contribution in [1.29, 1.82) is 0 Å². The molecular weight excluding hydrogens is 414 g/mol. The number of aliphatic hydroxyl groups is 2. The zero-order valence-corrected chi connectivity index (χ0v) is 22.2. The maximum atomic E-state index is 11.8. The molecule has 0 bridgehead atoms. The van der Waals surface area contributed by atoms with Crippen LogP contribution in [0.25, 0.3) is 0 Å². The molecule has 33 heavy (non-hydrogen) atoms. The summed E-state index contributed by atoms with van der Waals surface area (Å²) in [5.74, 6) is -0.0379. The first-order valence-electron chi connectivity index (χ1n) is 14.3. The monoisotopic (exact) mass is 471 g/mol. The smallest absolute Gasteiger partial charge is 0.305 e. The highest BCUT2D eigenvalue weighted by Gasteiger charge is 2.10. The number of hydrogen-bond donors (Lipinski definition) is 2. The molecule has 0 rings (SSSR count). The van der Waals surface area contributed by atoms with Gasteiger partial charge in [0.15, 0.2) is 0 Å². The van der Waals surface area contributed by atoms with Gasteiger partial charge in [0.25, 0.3) is 0 Å². The van der Waals surface area contributed by atoms with E-state index in [1.807, 2.05) is 0 Å². The quantitative estimate of drug-likeness (QED) is 0.109. The minimum Gasteiger partial charge on any atom is -0.466 e. The molecule has 2 N–H and O–H groups in total. The van der Waals surface area contributed by atoms with Crippen molar-refractivity contribution in [3.05, 3.63) is 0 Å². The van der Waals surface area contributed by atoms with Crippen LogP contribution in [0.2, 0.25) is 0 Å². The number of aliphatic hydroxyl groups excluding tert-OH is 2. The van der Waals surface area contributed by atoms with Crippen LogP contribution in [-0.4, -0.2) is 60.0 Å². The summed E-state index contributed by atoms with van der Waals surface area (Å²) in [7, 11) is 0. The highest BCUT2D eigenvalue weighted by Crippen LogP contribution is 2.11. The van der Waals surface area contributed by atoms with Crippen molar-refractivity contribution >= 4 is 5.97 Å². The molecule has 0 heterocycles. The SMILES string of the molecule is CCCCCCCCCOC(=O)CCCCCCCN(CCCCCCCC)CC(O)CO. The molecule has 0 spiro atoms. The summed E-state index contributed by atoms with van der Waals surface area (Å²) in [6.07, 6.45) is 21.6. The Kier molecular flexibility index (Phi) is 25.5. The van der Waals surface area contributed by atoms with Gasteiger partial charge in [-0.1, -0.05) is 104 Å². The molecule has 1 atom stereocenters. The highest BCUT2D eigenvalue weighted by atomic mass is 16.5. The molecule has 1 unspecified atom stereocenters. The Morgan fingerprint density at radius 1 is 0.697 bits per heavy atom. The molecule has 5 heteroatoms. The molecule has 0 saturated carbocycles. The Hall–Kier alpha value is -0.650. The van der Waals surface area contributed by atoms with Crippen molar-refractivity contribution in [2.45, 2.75) is 142 Å². The number of carbonyl (C=O) groups excluding carboxylic acids is 1. The Morgan fingerprint density at radius 2 is 1.15 bits per heavy atom. The van der Waals surface area contributed by atoms with E-state index in [4.69, 9.17) is 4.74 Å². The van der Waals surface area contributed by atoms with Gasteiger partial charge < -0.3 is 19.8 Å². The summed E-state index contributed by atoms with van der Waals surface area (Å²) in [4.78, 5) is 14.1. The van der Waals surface area contributed by atoms with Gasteiger partial charge in [-0.05, 0) is 38.8 Å². The molecule has 0 aromatic heterocycles. The summed E-state index contributed by atoms with van der Waals surface area (Å²) >= 11 is 0. The van der Waals surface area contributed by atoms with Crippen LogP contribution in [-0.2, 0) is 9.53 Å². The topological polar surface area (TPSA) is 70.0 Å². The van der Waals surface area contributed by atoms with Crippen LogP contribution in [0.4, 0.5) is 0 Å². The largest absolute Gasteiger partial charge is 0.466 e. The molecular formula is C28H57NO4. The molecule has 0 saturated heterocycles. The van der Waals surface area contributed by atoms with Gasteiger partial charge in [0, 0.05) is 13.0 Å². The van der Waals surface area contributed by atoms with Gasteiger partial charge in [0.2, 0.25) is 0 Å². The first-order chi connectivity index (χ1) is 16.1. The summed E-state index contributed by atoms with van der Waals surface area (Å²) in [5, 5.41) is 19.0. The third-order valence-electron chi connectivity index (χ3n) is 6.37. The molecule has 0 aliphatic carbocycles. The van der Waals surface area contributed by atoms with Crippen LogP contribution in [0.5, 0.6) is 0 Å². The summed E-state index contributed by atoms with van der Waals surface area (Å²) < 4.78 is 5.36. The average molecular weight is 472 g/mol. The maximum Gasteiger partial charge on any atom is 0.305 e. The van der Waals surface area contributed by atoms with E-state index in [1.54, 1.807) is 0 Å². The molecule has 0 aromatic carbocycles. The first kappa shape index (κ1) is 32.4. The Balaban J connectivity index is 3.66. The van der Waals surface area contributed by atoms with Crippen molar-refractivity contribution in [1.82, 2.24) is 4.90 Å². The maximum absolute atomic E-state index is 11.8. The molecule has 198 valence electrons. The predicted molar refractivity (Wildman–Crippen MR) is 140 cm³/mol. The molecule has 0 fully saturated rings. The fourth-order valence-corrected chi connectivity index (χ4v) is 4.22. The second kappa shape index (κ2) is 26.0. The van der Waals surface area contributed by atoms with Crippen LogP contribution < -0.4 is 0 Å². The lowest BCUT2D eigenvalue weighted by atomic mass is 10.1. The van der Waals surface area contributed by atoms with Gasteiger partial charge in [-0.25, -0.2) is 0 Å². The Bertz CT molecular complexity index is 405. The lowest BCUT2D eigenvalue weighted by molar-refractivity contribution is -0.143. The van der Waals surface area contributed by atoms with Gasteiger partial charge in [-0.2, -0.15) is 0 Å². The van der Waals surface area contributed by atoms with Gasteiger partial charge in [-0.15, -0.1) is 0 Å². The number of unbranched alkanes of at least 4 members (excludes halogenated alkanes) is 15. The zero-order chi connectivity index (χ0) is 24.4. The van der Waals surface area contributed by atoms with Gasteiger partial charge in [0.05, 0.1) is 19.3 Å². The van der Waals surface area contributed by atoms with E-state index in [0.29, 0.717) is 19.6 Å². The van der Waals surface area contributed by atoms with Crippen LogP contribution in [0.15, 0.2) is 0 Å². The predicted octanol–water partition coefficient (Wildman–Crippen LogP) is 6.64. The number of esters is 1. The summed E-state index contributed by atoms with van der Waals surface area (Å²) in [6.45, 7) is 7.44. The summed E-state index contributed by atoms with van der Waals surface area (Å²) in [5.41, 5.74) is 0. The second-order valence-corrected chi connectivity index (χ2v) is 9.76. The van der Waals surface area contributed by atoms with Gasteiger partial charge in [0.1, 0.15) is 0 Å². The fraction of sp³-hybridized carbons (Fsp3) is 0.964. The number of nitrogens with zero attached hydrogens (tertiary/aromatic N) is 1. The Labute approximate surface area is 205 Å². The lowest BCUT2D eigenvalue weighted by Crippen LogP contribution is -2.35. The average Bonchev–Trinajstić information content (AvgIpc) is 2.81. The fourth-order valence-electron chi connectivity index (χ4n) is 4.22. The highest BCUT2D eigenvalue weighted by molar-refractivity contribution is 5.69. The van der Waals surface area contributed by atoms with Crippen molar-refractivity contribution in [2.75, 3.05) is 32.8 Å². The van der Waals surface area contributed by atoms with Gasteiger partial charge in [-0.3, -0.25) is 4.79 Å². The number of ether oxygens (including phenoxy) is 1. The second-order valence-electron chi connectivity index (χ2n) is 9.76. The van der Waals surface area contributed by atoms with Gasteiger partial charge >= 0.3 is 5.97 Å². The molecule has 0 amide bonds. The normalized spacial score (nSPS) is 12.4. The van der Waals surface area contributed by atoms with E-state index in [9.17, 15) is 15.0 Å². The van der Waals surface area contributed by atoms with Crippen LogP contribution in [0.3, 0.4) is 0 Å². The van der Waals surface area contributed by atoms with E-state index in [1.165, 1.54) is 77.0 Å². The van der Waals surface area contributed by atoms with E-state index in [0.717, 1.165) is 51.6 Å². The third-order valence-corrected chi connectivity index (χ3v) is 6.37. The molecule has 0 aromatic rings. The third kappa shape index (κ3) is 24.3. The van der Waals surface area contributed by atoms with Crippen LogP contribution >= 0.6 is 0 Å². The minimum atomic E-state index is -0.642. The lowest BCUT2D eigenvalue weighted by Gasteiger charge is -2.24. The van der Waals surface area contributed by atoms with Crippen LogP contribution in [0.1, 0.15) is 136 Å². The Morgan fingerprint density at radius 3 is 1.67 bits per heavy atom. The number of hydrogen-bond acceptors (Lipinski definition) is 5. The van der Waals surface area contributed by atoms with Crippen molar-refractivity contribution in [3.8, 4) is 0 Å². The van der Waals surface area contributed by atoms with Crippen molar-refractivity contribution in [2.24, 2.45) is 0 Å². The number of rotatable bonds is 26. The van der Waals surface area contributed by atoms with Crippen LogP contribution in [0, 0.1) is 0 Å².